The molecule has 5 nitrogen and oxygen atoms in total. The van der Waals surface area contributed by atoms with Crippen LogP contribution in [-0.4, -0.2) is 36.8 Å². The molecule has 6 heteroatoms. The minimum atomic E-state index is -0.312. The largest absolute Gasteiger partial charge is 0.378 e. The van der Waals surface area contributed by atoms with Crippen molar-refractivity contribution in [1.29, 1.82) is 0 Å². The number of rotatable bonds is 5. The van der Waals surface area contributed by atoms with E-state index in [1.807, 2.05) is 36.9 Å². The molecule has 1 aromatic heterocycles. The van der Waals surface area contributed by atoms with Crippen LogP contribution < -0.4 is 10.2 Å². The molecular formula is C28H28FN3O2. The quantitative estimate of drug-likeness (QED) is 0.442. The van der Waals surface area contributed by atoms with Crippen molar-refractivity contribution in [2.45, 2.75) is 13.0 Å². The van der Waals surface area contributed by atoms with Crippen LogP contribution in [0.25, 0.3) is 22.0 Å². The van der Waals surface area contributed by atoms with Crippen molar-refractivity contribution in [3.8, 4) is 11.1 Å². The molecule has 1 amide bonds. The number of morpholine rings is 1. The summed E-state index contributed by atoms with van der Waals surface area (Å²) < 4.78 is 21.0. The number of aromatic nitrogens is 1. The first-order chi connectivity index (χ1) is 16.5. The summed E-state index contributed by atoms with van der Waals surface area (Å²) in [6, 6.07) is 20.8. The second-order valence-electron chi connectivity index (χ2n) is 8.78. The third-order valence-electron chi connectivity index (χ3n) is 6.51. The number of carbonyl (C=O) groups is 1. The molecule has 5 rings (SSSR count). The number of fused-ring (bicyclic) bond motifs is 1. The van der Waals surface area contributed by atoms with Gasteiger partial charge < -0.3 is 19.5 Å². The molecule has 1 N–H and O–H groups in total. The average Bonchev–Trinajstić information content (AvgIpc) is 3.20. The number of benzene rings is 3. The predicted octanol–water partition coefficient (Wildman–Crippen LogP) is 5.31. The first-order valence-electron chi connectivity index (χ1n) is 11.6. The van der Waals surface area contributed by atoms with E-state index in [0.717, 1.165) is 53.9 Å². The highest BCUT2D eigenvalue weighted by molar-refractivity contribution is 6.08. The lowest BCUT2D eigenvalue weighted by atomic mass is 10.0. The van der Waals surface area contributed by atoms with Gasteiger partial charge in [0.2, 0.25) is 0 Å². The SMILES string of the molecule is CC(NC(=O)c1cn(C)c2ccc(-c3ccc(N4CCOCC4)cc3)cc12)c1cccc(F)c1. The van der Waals surface area contributed by atoms with E-state index in [2.05, 4.69) is 46.6 Å². The molecule has 0 bridgehead atoms. The fourth-order valence-corrected chi connectivity index (χ4v) is 4.57. The minimum absolute atomic E-state index is 0.179. The van der Waals surface area contributed by atoms with Gasteiger partial charge in [0.25, 0.3) is 5.91 Å². The van der Waals surface area contributed by atoms with E-state index in [-0.39, 0.29) is 17.8 Å². The van der Waals surface area contributed by atoms with Gasteiger partial charge in [-0.15, -0.1) is 0 Å². The molecule has 0 spiro atoms. The molecule has 0 aliphatic carbocycles. The van der Waals surface area contributed by atoms with E-state index in [9.17, 15) is 9.18 Å². The van der Waals surface area contributed by atoms with Gasteiger partial charge in [-0.3, -0.25) is 4.79 Å². The Morgan fingerprint density at radius 1 is 1.00 bits per heavy atom. The molecule has 1 unspecified atom stereocenters. The van der Waals surface area contributed by atoms with Crippen LogP contribution in [0.2, 0.25) is 0 Å². The Hall–Kier alpha value is -3.64. The second kappa shape index (κ2) is 9.31. The summed E-state index contributed by atoms with van der Waals surface area (Å²) in [7, 11) is 1.94. The lowest BCUT2D eigenvalue weighted by molar-refractivity contribution is 0.0941. The number of nitrogens with one attached hydrogen (secondary N) is 1. The van der Waals surface area contributed by atoms with Gasteiger partial charge in [-0.2, -0.15) is 0 Å². The van der Waals surface area contributed by atoms with Crippen LogP contribution in [0.1, 0.15) is 28.9 Å². The highest BCUT2D eigenvalue weighted by Crippen LogP contribution is 2.30. The van der Waals surface area contributed by atoms with Crippen LogP contribution in [0.5, 0.6) is 0 Å². The van der Waals surface area contributed by atoms with Crippen molar-refractivity contribution in [2.75, 3.05) is 31.2 Å². The monoisotopic (exact) mass is 457 g/mol. The summed E-state index contributed by atoms with van der Waals surface area (Å²) in [5.41, 5.74) is 5.67. The summed E-state index contributed by atoms with van der Waals surface area (Å²) in [5.74, 6) is -0.491. The number of aryl methyl sites for hydroxylation is 1. The second-order valence-corrected chi connectivity index (χ2v) is 8.78. The number of hydrogen-bond acceptors (Lipinski definition) is 3. The third kappa shape index (κ3) is 4.41. The molecule has 1 atom stereocenters. The maximum Gasteiger partial charge on any atom is 0.253 e. The summed E-state index contributed by atoms with van der Waals surface area (Å²) in [4.78, 5) is 15.5. The van der Waals surface area contributed by atoms with Gasteiger partial charge in [-0.25, -0.2) is 4.39 Å². The molecule has 0 radical (unpaired) electrons. The first kappa shape index (κ1) is 22.2. The molecule has 3 aromatic carbocycles. The van der Waals surface area contributed by atoms with Crippen molar-refractivity contribution in [3.63, 3.8) is 0 Å². The van der Waals surface area contributed by atoms with Gasteiger partial charge >= 0.3 is 0 Å². The van der Waals surface area contributed by atoms with E-state index < -0.39 is 0 Å². The summed E-state index contributed by atoms with van der Waals surface area (Å²) in [6.07, 6.45) is 1.85. The lowest BCUT2D eigenvalue weighted by Gasteiger charge is -2.28. The average molecular weight is 458 g/mol. The van der Waals surface area contributed by atoms with Crippen LogP contribution in [0.3, 0.4) is 0 Å². The Morgan fingerprint density at radius 3 is 2.47 bits per heavy atom. The zero-order valence-electron chi connectivity index (χ0n) is 19.4. The van der Waals surface area contributed by atoms with Gasteiger partial charge in [0.05, 0.1) is 24.8 Å². The minimum Gasteiger partial charge on any atom is -0.378 e. The van der Waals surface area contributed by atoms with Gasteiger partial charge in [0, 0.05) is 42.9 Å². The van der Waals surface area contributed by atoms with Crippen LogP contribution >= 0.6 is 0 Å². The fourth-order valence-electron chi connectivity index (χ4n) is 4.57. The predicted molar refractivity (Wildman–Crippen MR) is 134 cm³/mol. The first-order valence-corrected chi connectivity index (χ1v) is 11.6. The highest BCUT2D eigenvalue weighted by Gasteiger charge is 2.18. The molecule has 174 valence electrons. The lowest BCUT2D eigenvalue weighted by Crippen LogP contribution is -2.36. The number of halogens is 1. The van der Waals surface area contributed by atoms with Crippen LogP contribution in [0.15, 0.2) is 72.9 Å². The van der Waals surface area contributed by atoms with E-state index in [0.29, 0.717) is 5.56 Å². The molecule has 1 saturated heterocycles. The van der Waals surface area contributed by atoms with Gasteiger partial charge in [0.15, 0.2) is 0 Å². The van der Waals surface area contributed by atoms with E-state index in [4.69, 9.17) is 4.74 Å². The maximum atomic E-state index is 13.6. The van der Waals surface area contributed by atoms with Crippen molar-refractivity contribution >= 4 is 22.5 Å². The highest BCUT2D eigenvalue weighted by atomic mass is 19.1. The summed E-state index contributed by atoms with van der Waals surface area (Å²) >= 11 is 0. The van der Waals surface area contributed by atoms with E-state index in [1.54, 1.807) is 6.07 Å². The third-order valence-corrected chi connectivity index (χ3v) is 6.51. The molecule has 1 fully saturated rings. The van der Waals surface area contributed by atoms with Gasteiger partial charge in [-0.05, 0) is 60.0 Å². The van der Waals surface area contributed by atoms with Crippen LogP contribution in [-0.2, 0) is 11.8 Å². The molecule has 34 heavy (non-hydrogen) atoms. The zero-order chi connectivity index (χ0) is 23.7. The van der Waals surface area contributed by atoms with E-state index in [1.165, 1.54) is 17.8 Å². The molecule has 1 aliphatic rings. The smallest absolute Gasteiger partial charge is 0.253 e. The van der Waals surface area contributed by atoms with Crippen LogP contribution in [0, 0.1) is 5.82 Å². The van der Waals surface area contributed by atoms with Crippen molar-refractivity contribution < 1.29 is 13.9 Å². The summed E-state index contributed by atoms with van der Waals surface area (Å²) in [5, 5.41) is 3.90. The van der Waals surface area contributed by atoms with Gasteiger partial charge in [-0.1, -0.05) is 30.3 Å². The number of carbonyl (C=O) groups excluding carboxylic acids is 1. The normalized spacial score (nSPS) is 14.9. The standard InChI is InChI=1S/C28H28FN3O2/c1-19(21-4-3-5-23(29)16-21)30-28(33)26-18-31(2)27-11-8-22(17-25(26)27)20-6-9-24(10-7-20)32-12-14-34-15-13-32/h3-11,16-19H,12-15H2,1-2H3,(H,30,33). The molecular weight excluding hydrogens is 429 g/mol. The molecule has 1 aliphatic heterocycles. The molecule has 0 saturated carbocycles. The Morgan fingerprint density at radius 2 is 1.74 bits per heavy atom. The number of hydrogen-bond donors (Lipinski definition) is 1. The van der Waals surface area contributed by atoms with E-state index >= 15 is 0 Å². The Balaban J connectivity index is 1.41. The number of nitrogens with zero attached hydrogens (tertiary/aromatic N) is 2. The zero-order valence-corrected chi connectivity index (χ0v) is 19.4. The number of ether oxygens (including phenoxy) is 1. The van der Waals surface area contributed by atoms with Crippen LogP contribution in [0.4, 0.5) is 10.1 Å². The Kier molecular flexibility index (Phi) is 6.07. The van der Waals surface area contributed by atoms with Crippen molar-refractivity contribution in [3.05, 3.63) is 89.9 Å². The molecule has 2 heterocycles. The number of anilines is 1. The Labute approximate surface area is 198 Å². The topological polar surface area (TPSA) is 46.5 Å². The van der Waals surface area contributed by atoms with Gasteiger partial charge in [0.1, 0.15) is 5.82 Å². The van der Waals surface area contributed by atoms with Crippen molar-refractivity contribution in [1.82, 2.24) is 9.88 Å². The fraction of sp³-hybridized carbons (Fsp3) is 0.250. The maximum absolute atomic E-state index is 13.6. The number of amides is 1. The summed E-state index contributed by atoms with van der Waals surface area (Å²) in [6.45, 7) is 5.19. The molecule has 4 aromatic rings. The Bertz CT molecular complexity index is 1320. The van der Waals surface area contributed by atoms with Crippen molar-refractivity contribution in [2.24, 2.45) is 7.05 Å².